The van der Waals surface area contributed by atoms with E-state index < -0.39 is 33.3 Å². The van der Waals surface area contributed by atoms with Gasteiger partial charge in [-0.2, -0.15) is 18.3 Å². The first-order valence-corrected chi connectivity index (χ1v) is 7.54. The lowest BCUT2D eigenvalue weighted by molar-refractivity contribution is -0.137. The second-order valence-electron chi connectivity index (χ2n) is 4.33. The Labute approximate surface area is 123 Å². The number of rotatable bonds is 4. The molecule has 0 atom stereocenters. The number of aryl methyl sites for hydroxylation is 1. The molecule has 0 fully saturated rings. The second-order valence-corrected chi connectivity index (χ2v) is 6.01. The van der Waals surface area contributed by atoms with E-state index in [1.54, 1.807) is 11.6 Å². The third-order valence-corrected chi connectivity index (χ3v) is 4.10. The molecule has 120 valence electrons. The van der Waals surface area contributed by atoms with Gasteiger partial charge in [0.25, 0.3) is 10.0 Å². The molecule has 0 aliphatic rings. The van der Waals surface area contributed by atoms with Gasteiger partial charge >= 0.3 is 6.18 Å². The van der Waals surface area contributed by atoms with Gasteiger partial charge < -0.3 is 0 Å². The fourth-order valence-corrected chi connectivity index (χ4v) is 2.65. The summed E-state index contributed by atoms with van der Waals surface area (Å²) >= 11 is 0. The zero-order chi connectivity index (χ0) is 16.5. The van der Waals surface area contributed by atoms with Gasteiger partial charge in [-0.25, -0.2) is 12.8 Å². The molecule has 5 nitrogen and oxygen atoms in total. The van der Waals surface area contributed by atoms with Crippen LogP contribution in [0.5, 0.6) is 0 Å². The van der Waals surface area contributed by atoms with Crippen molar-refractivity contribution in [2.45, 2.75) is 24.5 Å². The summed E-state index contributed by atoms with van der Waals surface area (Å²) in [5.74, 6) is -1.11. The highest BCUT2D eigenvalue weighted by Crippen LogP contribution is 2.32. The number of aromatic nitrogens is 2. The van der Waals surface area contributed by atoms with Crippen LogP contribution in [0.25, 0.3) is 0 Å². The number of hydrogen-bond donors (Lipinski definition) is 1. The smallest absolute Gasteiger partial charge is 0.277 e. The maximum atomic E-state index is 13.6. The molecule has 0 saturated carbocycles. The normalized spacial score (nSPS) is 12.4. The maximum Gasteiger partial charge on any atom is 0.416 e. The molecule has 1 heterocycles. The summed E-state index contributed by atoms with van der Waals surface area (Å²) < 4.78 is 78.5. The van der Waals surface area contributed by atoms with E-state index in [0.717, 1.165) is 6.20 Å². The SMILES string of the molecule is CCn1cc(S(=O)(=O)Nc2cc(C(F)(F)F)ccc2F)cn1. The van der Waals surface area contributed by atoms with Crippen LogP contribution in [-0.4, -0.2) is 18.2 Å². The standard InChI is InChI=1S/C12H11F4N3O2S/c1-2-19-7-9(6-17-19)22(20,21)18-11-5-8(12(14,15)16)3-4-10(11)13/h3-7,18H,2H2,1H3. The third kappa shape index (κ3) is 3.38. The molecule has 10 heteroatoms. The van der Waals surface area contributed by atoms with E-state index in [4.69, 9.17) is 0 Å². The van der Waals surface area contributed by atoms with Crippen molar-refractivity contribution in [1.29, 1.82) is 0 Å². The van der Waals surface area contributed by atoms with Gasteiger partial charge in [-0.3, -0.25) is 9.40 Å². The van der Waals surface area contributed by atoms with Gasteiger partial charge in [0, 0.05) is 12.7 Å². The number of anilines is 1. The summed E-state index contributed by atoms with van der Waals surface area (Å²) in [5, 5.41) is 3.75. The number of nitrogens with zero attached hydrogens (tertiary/aromatic N) is 2. The summed E-state index contributed by atoms with van der Waals surface area (Å²) in [5.41, 5.74) is -1.94. The van der Waals surface area contributed by atoms with Crippen LogP contribution >= 0.6 is 0 Å². The topological polar surface area (TPSA) is 64.0 Å². The second kappa shape index (κ2) is 5.59. The number of benzene rings is 1. The molecule has 22 heavy (non-hydrogen) atoms. The Morgan fingerprint density at radius 2 is 2.00 bits per heavy atom. The van der Waals surface area contributed by atoms with E-state index in [-0.39, 0.29) is 4.90 Å². The van der Waals surface area contributed by atoms with Gasteiger partial charge in [0.05, 0.1) is 17.4 Å². The van der Waals surface area contributed by atoms with E-state index in [0.29, 0.717) is 24.7 Å². The maximum absolute atomic E-state index is 13.6. The third-order valence-electron chi connectivity index (χ3n) is 2.78. The highest BCUT2D eigenvalue weighted by Gasteiger charge is 2.31. The Morgan fingerprint density at radius 3 is 2.55 bits per heavy atom. The first-order chi connectivity index (χ1) is 10.1. The van der Waals surface area contributed by atoms with Crippen LogP contribution < -0.4 is 4.72 Å². The zero-order valence-corrected chi connectivity index (χ0v) is 12.0. The first kappa shape index (κ1) is 16.3. The molecular weight excluding hydrogens is 326 g/mol. The van der Waals surface area contributed by atoms with E-state index >= 15 is 0 Å². The average Bonchev–Trinajstić information content (AvgIpc) is 2.89. The van der Waals surface area contributed by atoms with Crippen molar-refractivity contribution in [1.82, 2.24) is 9.78 Å². The highest BCUT2D eigenvalue weighted by molar-refractivity contribution is 7.92. The Hall–Kier alpha value is -2.10. The quantitative estimate of drug-likeness (QED) is 0.873. The minimum Gasteiger partial charge on any atom is -0.277 e. The Balaban J connectivity index is 2.37. The van der Waals surface area contributed by atoms with Crippen molar-refractivity contribution in [3.63, 3.8) is 0 Å². The Bertz CT molecular complexity index is 784. The van der Waals surface area contributed by atoms with Gasteiger partial charge in [0.1, 0.15) is 10.7 Å². The van der Waals surface area contributed by atoms with Gasteiger partial charge in [-0.05, 0) is 25.1 Å². The van der Waals surface area contributed by atoms with Crippen molar-refractivity contribution in [3.05, 3.63) is 42.0 Å². The van der Waals surface area contributed by atoms with Crippen molar-refractivity contribution >= 4 is 15.7 Å². The largest absolute Gasteiger partial charge is 0.416 e. The molecule has 1 aromatic carbocycles. The fraction of sp³-hybridized carbons (Fsp3) is 0.250. The lowest BCUT2D eigenvalue weighted by atomic mass is 10.2. The summed E-state index contributed by atoms with van der Waals surface area (Å²) in [4.78, 5) is -0.272. The zero-order valence-electron chi connectivity index (χ0n) is 11.2. The molecule has 0 bridgehead atoms. The van der Waals surface area contributed by atoms with Gasteiger partial charge in [-0.1, -0.05) is 0 Å². The number of sulfonamides is 1. The Kier molecular flexibility index (Phi) is 4.14. The average molecular weight is 337 g/mol. The molecule has 2 rings (SSSR count). The van der Waals surface area contributed by atoms with Crippen LogP contribution in [0.3, 0.4) is 0 Å². The van der Waals surface area contributed by atoms with Crippen LogP contribution in [0.2, 0.25) is 0 Å². The lowest BCUT2D eigenvalue weighted by Crippen LogP contribution is -2.15. The van der Waals surface area contributed by atoms with Crippen LogP contribution in [0.1, 0.15) is 12.5 Å². The summed E-state index contributed by atoms with van der Waals surface area (Å²) in [6.07, 6.45) is -2.49. The molecule has 0 spiro atoms. The van der Waals surface area contributed by atoms with Crippen LogP contribution in [0, 0.1) is 5.82 Å². The molecular formula is C12H11F4N3O2S. The number of nitrogens with one attached hydrogen (secondary N) is 1. The van der Waals surface area contributed by atoms with Crippen molar-refractivity contribution in [3.8, 4) is 0 Å². The van der Waals surface area contributed by atoms with E-state index in [1.165, 1.54) is 10.9 Å². The molecule has 0 unspecified atom stereocenters. The summed E-state index contributed by atoms with van der Waals surface area (Å²) in [6, 6.07) is 1.48. The van der Waals surface area contributed by atoms with E-state index in [2.05, 4.69) is 5.10 Å². The Morgan fingerprint density at radius 1 is 1.32 bits per heavy atom. The monoisotopic (exact) mass is 337 g/mol. The molecule has 1 aromatic heterocycles. The summed E-state index contributed by atoms with van der Waals surface area (Å²) in [7, 11) is -4.23. The van der Waals surface area contributed by atoms with Crippen molar-refractivity contribution in [2.24, 2.45) is 0 Å². The fourth-order valence-electron chi connectivity index (χ4n) is 1.64. The lowest BCUT2D eigenvalue weighted by Gasteiger charge is -2.11. The number of halogens is 4. The van der Waals surface area contributed by atoms with Crippen LogP contribution in [0.4, 0.5) is 23.2 Å². The van der Waals surface area contributed by atoms with Gasteiger partial charge in [0.2, 0.25) is 0 Å². The first-order valence-electron chi connectivity index (χ1n) is 6.05. The predicted molar refractivity (Wildman–Crippen MR) is 70.1 cm³/mol. The van der Waals surface area contributed by atoms with Crippen molar-refractivity contribution in [2.75, 3.05) is 4.72 Å². The summed E-state index contributed by atoms with van der Waals surface area (Å²) in [6.45, 7) is 2.14. The minimum absolute atomic E-state index is 0.272. The molecule has 2 aromatic rings. The van der Waals surface area contributed by atoms with E-state index in [9.17, 15) is 26.0 Å². The highest BCUT2D eigenvalue weighted by atomic mass is 32.2. The molecule has 1 N–H and O–H groups in total. The molecule has 0 saturated heterocycles. The van der Waals surface area contributed by atoms with E-state index in [1.807, 2.05) is 0 Å². The van der Waals surface area contributed by atoms with Crippen molar-refractivity contribution < 1.29 is 26.0 Å². The van der Waals surface area contributed by atoms with Crippen LogP contribution in [0.15, 0.2) is 35.5 Å². The van der Waals surface area contributed by atoms with Gasteiger partial charge in [0.15, 0.2) is 0 Å². The molecule has 0 amide bonds. The molecule has 0 aliphatic carbocycles. The van der Waals surface area contributed by atoms with Gasteiger partial charge in [-0.15, -0.1) is 0 Å². The number of hydrogen-bond acceptors (Lipinski definition) is 3. The van der Waals surface area contributed by atoms with Crippen LogP contribution in [-0.2, 0) is 22.7 Å². The molecule has 0 aliphatic heterocycles. The predicted octanol–water partition coefficient (Wildman–Crippen LogP) is 2.86. The minimum atomic E-state index is -4.71. The number of alkyl halides is 3. The molecule has 0 radical (unpaired) electrons.